The summed E-state index contributed by atoms with van der Waals surface area (Å²) < 4.78 is 0. The molecule has 3 unspecified atom stereocenters. The maximum atomic E-state index is 2.77. The van der Waals surface area contributed by atoms with Crippen molar-refractivity contribution in [2.45, 2.75) is 37.3 Å². The minimum absolute atomic E-state index is 1.02. The third kappa shape index (κ3) is 9.95. The molecule has 3 atom stereocenters. The molecule has 0 aromatic carbocycles. The van der Waals surface area contributed by atoms with Crippen LogP contribution in [0.4, 0.5) is 0 Å². The molecule has 3 fully saturated rings. The Morgan fingerprint density at radius 3 is 1.26 bits per heavy atom. The Bertz CT molecular complexity index is 293. The first-order valence-corrected chi connectivity index (χ1v) is 22.0. The van der Waals surface area contributed by atoms with Gasteiger partial charge < -0.3 is 0 Å². The van der Waals surface area contributed by atoms with Crippen LogP contribution in [-0.4, -0.2) is 80.8 Å². The van der Waals surface area contributed by atoms with Gasteiger partial charge in [0.05, 0.1) is 0 Å². The average Bonchev–Trinajstić information content (AvgIpc) is 3.38. The van der Waals surface area contributed by atoms with Gasteiger partial charge in [0, 0.05) is 0 Å². The number of rotatable bonds is 15. The van der Waals surface area contributed by atoms with Crippen LogP contribution >= 0.6 is 70.6 Å². The van der Waals surface area contributed by atoms with Crippen molar-refractivity contribution in [1.82, 2.24) is 0 Å². The fraction of sp³-hybridized carbons (Fsp3) is 1.00. The van der Waals surface area contributed by atoms with Gasteiger partial charge in [0.15, 0.2) is 0 Å². The van der Waals surface area contributed by atoms with Gasteiger partial charge in [-0.2, -0.15) is 0 Å². The number of hydrogen-bond donors (Lipinski definition) is 0. The van der Waals surface area contributed by atoms with E-state index in [2.05, 4.69) is 76.3 Å². The fourth-order valence-corrected chi connectivity index (χ4v) is 22.9. The number of thioether (sulfide) groups is 6. The molecule has 0 amide bonds. The third-order valence-electron chi connectivity index (χ3n) is 4.67. The van der Waals surface area contributed by atoms with E-state index in [1.54, 1.807) is 15.8 Å². The molecule has 3 saturated heterocycles. The summed E-state index contributed by atoms with van der Waals surface area (Å²) in [7, 11) is 0. The third-order valence-corrected chi connectivity index (χ3v) is 23.1. The Morgan fingerprint density at radius 1 is 0.696 bits per heavy atom. The summed E-state index contributed by atoms with van der Waals surface area (Å²) in [4.78, 5) is 0. The summed E-state index contributed by atoms with van der Waals surface area (Å²) >= 11 is 11.7. The molecule has 134 valence electrons. The summed E-state index contributed by atoms with van der Waals surface area (Å²) in [6.07, 6.45) is 0. The van der Waals surface area contributed by atoms with Gasteiger partial charge in [-0.05, 0) is 0 Å². The van der Waals surface area contributed by atoms with Gasteiger partial charge in [-0.25, -0.2) is 0 Å². The molecule has 3 heterocycles. The zero-order valence-electron chi connectivity index (χ0n) is 14.2. The van der Waals surface area contributed by atoms with Crippen molar-refractivity contribution in [2.75, 3.05) is 51.8 Å². The monoisotopic (exact) mass is 488 g/mol. The number of hydrogen-bond acceptors (Lipinski definition) is 6. The van der Waals surface area contributed by atoms with Crippen molar-refractivity contribution >= 4 is 83.8 Å². The normalized spacial score (nSPS) is 30.9. The van der Waals surface area contributed by atoms with E-state index in [1.807, 2.05) is 0 Å². The predicted octanol–water partition coefficient (Wildman–Crippen LogP) is 5.61. The van der Waals surface area contributed by atoms with Crippen molar-refractivity contribution in [3.63, 3.8) is 0 Å². The summed E-state index contributed by atoms with van der Waals surface area (Å²) in [6.45, 7) is 0. The Hall–Kier alpha value is 2.64. The molecule has 0 spiro atoms. The van der Waals surface area contributed by atoms with E-state index in [0.29, 0.717) is 0 Å². The van der Waals surface area contributed by atoms with Crippen LogP contribution in [0.1, 0.15) is 0 Å². The van der Waals surface area contributed by atoms with Crippen LogP contribution in [0.15, 0.2) is 0 Å². The molecule has 0 nitrogen and oxygen atoms in total. The van der Waals surface area contributed by atoms with E-state index in [9.17, 15) is 0 Å². The Balaban J connectivity index is 1.29. The predicted molar refractivity (Wildman–Crippen MR) is 127 cm³/mol. The zero-order valence-corrected chi connectivity index (χ0v) is 21.2. The van der Waals surface area contributed by atoms with E-state index in [0.717, 1.165) is 15.7 Å². The van der Waals surface area contributed by atoms with Crippen molar-refractivity contribution in [2.24, 2.45) is 0 Å². The van der Waals surface area contributed by atoms with Crippen molar-refractivity contribution in [3.05, 3.63) is 0 Å². The first-order valence-electron chi connectivity index (χ1n) is 8.82. The summed E-state index contributed by atoms with van der Waals surface area (Å²) in [5.74, 6) is 15.8. The second-order valence-corrected chi connectivity index (χ2v) is 25.3. The maximum absolute atomic E-state index is 2.77. The quantitative estimate of drug-likeness (QED) is 0.166. The fourth-order valence-electron chi connectivity index (χ4n) is 2.47. The molecule has 23 heavy (non-hydrogen) atoms. The van der Waals surface area contributed by atoms with E-state index < -0.39 is 13.3 Å². The molecule has 0 aromatic heterocycles. The van der Waals surface area contributed by atoms with Crippen LogP contribution in [0.5, 0.6) is 0 Å². The van der Waals surface area contributed by atoms with Crippen LogP contribution in [0.25, 0.3) is 0 Å². The standard InChI is InChI=1S/C16H30GeS6/c1-17(2-5-18-8-14-11-21-14,3-6-19-9-15-12-22-15)4-7-20-10-16-13-23-16/h14-16H,2-13H2,1H3. The molecular formula is C16H30GeS6. The van der Waals surface area contributed by atoms with E-state index in [1.165, 1.54) is 51.8 Å². The molecule has 0 aromatic rings. The summed E-state index contributed by atoms with van der Waals surface area (Å²) in [5.41, 5.74) is 0. The van der Waals surface area contributed by atoms with Gasteiger partial charge in [-0.15, -0.1) is 0 Å². The molecule has 0 bridgehead atoms. The first-order chi connectivity index (χ1) is 11.2. The molecule has 0 N–H and O–H groups in total. The first kappa shape index (κ1) is 20.4. The Kier molecular flexibility index (Phi) is 9.61. The molecule has 3 aliphatic heterocycles. The Morgan fingerprint density at radius 2 is 1.00 bits per heavy atom. The van der Waals surface area contributed by atoms with Gasteiger partial charge in [0.1, 0.15) is 0 Å². The van der Waals surface area contributed by atoms with Gasteiger partial charge in [0.25, 0.3) is 0 Å². The van der Waals surface area contributed by atoms with E-state index in [4.69, 9.17) is 0 Å². The van der Waals surface area contributed by atoms with Crippen molar-refractivity contribution in [3.8, 4) is 0 Å². The zero-order chi connectivity index (χ0) is 16.0. The molecule has 3 aliphatic rings. The average molecular weight is 487 g/mol. The van der Waals surface area contributed by atoms with E-state index >= 15 is 0 Å². The Labute approximate surface area is 171 Å². The van der Waals surface area contributed by atoms with E-state index in [-0.39, 0.29) is 0 Å². The second-order valence-electron chi connectivity index (χ2n) is 7.15. The molecule has 0 saturated carbocycles. The van der Waals surface area contributed by atoms with Gasteiger partial charge in [-0.3, -0.25) is 0 Å². The van der Waals surface area contributed by atoms with Crippen molar-refractivity contribution < 1.29 is 0 Å². The van der Waals surface area contributed by atoms with Crippen LogP contribution in [0.2, 0.25) is 21.5 Å². The van der Waals surface area contributed by atoms with Gasteiger partial charge in [0.2, 0.25) is 0 Å². The van der Waals surface area contributed by atoms with Gasteiger partial charge >= 0.3 is 173 Å². The second kappa shape index (κ2) is 10.8. The topological polar surface area (TPSA) is 0 Å². The molecule has 7 heteroatoms. The molecule has 0 radical (unpaired) electrons. The van der Waals surface area contributed by atoms with Crippen molar-refractivity contribution in [1.29, 1.82) is 0 Å². The van der Waals surface area contributed by atoms with Gasteiger partial charge in [-0.1, -0.05) is 0 Å². The molecule has 3 rings (SSSR count). The SMILES string of the molecule is [CH3][Ge]([CH2]CSCC1CS1)([CH2]CSCC1CS1)[CH2]CSCC1CS1. The molecule has 0 aliphatic carbocycles. The summed E-state index contributed by atoms with van der Waals surface area (Å²) in [6, 6.07) is 0. The molecular weight excluding hydrogens is 457 g/mol. The van der Waals surface area contributed by atoms with Crippen LogP contribution in [0.3, 0.4) is 0 Å². The minimum atomic E-state index is -1.54. The van der Waals surface area contributed by atoms with Crippen LogP contribution in [0, 0.1) is 0 Å². The van der Waals surface area contributed by atoms with Crippen LogP contribution < -0.4 is 0 Å². The summed E-state index contributed by atoms with van der Waals surface area (Å²) in [5, 5.41) is 7.95. The van der Waals surface area contributed by atoms with Crippen LogP contribution in [-0.2, 0) is 0 Å².